The number of benzene rings is 1. The normalized spacial score (nSPS) is 14.0. The molecule has 0 unspecified atom stereocenters. The third-order valence-corrected chi connectivity index (χ3v) is 6.78. The fraction of sp³-hybridized carbons (Fsp3) is 0.458. The molecule has 1 aliphatic rings. The van der Waals surface area contributed by atoms with Gasteiger partial charge in [-0.25, -0.2) is 0 Å². The first-order chi connectivity index (χ1) is 15.6. The number of piperidine rings is 1. The average Bonchev–Trinajstić information content (AvgIpc) is 3.49. The summed E-state index contributed by atoms with van der Waals surface area (Å²) in [5, 5.41) is 9.65. The minimum atomic E-state index is 0.0710. The fourth-order valence-corrected chi connectivity index (χ4v) is 4.76. The van der Waals surface area contributed by atoms with Crippen LogP contribution in [0.2, 0.25) is 0 Å². The van der Waals surface area contributed by atoms with Crippen LogP contribution in [0.5, 0.6) is 0 Å². The fourth-order valence-electron chi connectivity index (χ4n) is 3.89. The number of rotatable bonds is 9. The highest BCUT2D eigenvalue weighted by Gasteiger charge is 2.22. The van der Waals surface area contributed by atoms with Gasteiger partial charge in [-0.3, -0.25) is 9.36 Å². The van der Waals surface area contributed by atoms with Crippen LogP contribution in [-0.4, -0.2) is 51.5 Å². The number of amides is 1. The van der Waals surface area contributed by atoms with Gasteiger partial charge in [0.25, 0.3) is 0 Å². The molecule has 8 heteroatoms. The predicted octanol–water partition coefficient (Wildman–Crippen LogP) is 4.22. The molecule has 3 heterocycles. The van der Waals surface area contributed by atoms with E-state index in [1.54, 1.807) is 11.2 Å². The van der Waals surface area contributed by atoms with Crippen LogP contribution >= 0.6 is 11.8 Å². The highest BCUT2D eigenvalue weighted by Crippen LogP contribution is 2.26. The molecule has 0 N–H and O–H groups in total. The van der Waals surface area contributed by atoms with Crippen molar-refractivity contribution in [1.82, 2.24) is 19.7 Å². The summed E-state index contributed by atoms with van der Waals surface area (Å²) in [7, 11) is 1.85. The van der Waals surface area contributed by atoms with Crippen LogP contribution in [0, 0.1) is 0 Å². The number of nitrogens with zero attached hydrogens (tertiary/aromatic N) is 5. The van der Waals surface area contributed by atoms with E-state index in [1.807, 2.05) is 19.2 Å². The number of hydrogen-bond acceptors (Lipinski definition) is 6. The van der Waals surface area contributed by atoms with E-state index in [0.29, 0.717) is 18.8 Å². The summed E-state index contributed by atoms with van der Waals surface area (Å²) in [6.45, 7) is 5.27. The highest BCUT2D eigenvalue weighted by atomic mass is 32.2. The smallest absolute Gasteiger partial charge is 0.233 e. The predicted molar refractivity (Wildman–Crippen MR) is 127 cm³/mol. The lowest BCUT2D eigenvalue weighted by molar-refractivity contribution is -0.127. The Balaban J connectivity index is 1.42. The topological polar surface area (TPSA) is 67.4 Å². The minimum absolute atomic E-state index is 0.0710. The number of anilines is 1. The standard InChI is InChI=1S/C24H31N5O2S/c1-3-19-9-11-20(12-10-19)16-27(2)22(30)18-32-24-26-25-23(28-13-5-4-6-14-28)29(24)17-21-8-7-15-31-21/h7-12,15H,3-6,13-14,16-18H2,1-2H3. The molecule has 32 heavy (non-hydrogen) atoms. The quantitative estimate of drug-likeness (QED) is 0.452. The van der Waals surface area contributed by atoms with Gasteiger partial charge in [0.15, 0.2) is 5.16 Å². The number of carbonyl (C=O) groups excluding carboxylic acids is 1. The molecule has 1 aliphatic heterocycles. The first kappa shape index (κ1) is 22.5. The zero-order valence-corrected chi connectivity index (χ0v) is 19.7. The molecule has 1 amide bonds. The summed E-state index contributed by atoms with van der Waals surface area (Å²) in [6, 6.07) is 12.3. The Labute approximate surface area is 193 Å². The van der Waals surface area contributed by atoms with Crippen molar-refractivity contribution in [3.05, 3.63) is 59.5 Å². The molecule has 170 valence electrons. The van der Waals surface area contributed by atoms with E-state index < -0.39 is 0 Å². The van der Waals surface area contributed by atoms with Gasteiger partial charge < -0.3 is 14.2 Å². The number of carbonyl (C=O) groups is 1. The number of hydrogen-bond donors (Lipinski definition) is 0. The maximum absolute atomic E-state index is 12.8. The zero-order chi connectivity index (χ0) is 22.3. The van der Waals surface area contributed by atoms with Crippen molar-refractivity contribution in [2.45, 2.75) is 50.9 Å². The molecular weight excluding hydrogens is 422 g/mol. The van der Waals surface area contributed by atoms with Gasteiger partial charge in [0.05, 0.1) is 18.6 Å². The van der Waals surface area contributed by atoms with E-state index in [4.69, 9.17) is 4.42 Å². The lowest BCUT2D eigenvalue weighted by Gasteiger charge is -2.27. The largest absolute Gasteiger partial charge is 0.467 e. The van der Waals surface area contributed by atoms with Crippen molar-refractivity contribution in [2.75, 3.05) is 30.8 Å². The molecule has 0 radical (unpaired) electrons. The molecule has 1 saturated heterocycles. The number of aryl methyl sites for hydroxylation is 1. The number of aromatic nitrogens is 3. The Bertz CT molecular complexity index is 994. The number of thioether (sulfide) groups is 1. The van der Waals surface area contributed by atoms with E-state index in [2.05, 4.69) is 50.9 Å². The highest BCUT2D eigenvalue weighted by molar-refractivity contribution is 7.99. The third kappa shape index (κ3) is 5.54. The summed E-state index contributed by atoms with van der Waals surface area (Å²) in [5.74, 6) is 2.10. The summed E-state index contributed by atoms with van der Waals surface area (Å²) in [5.41, 5.74) is 2.44. The molecule has 2 aromatic heterocycles. The molecule has 0 atom stereocenters. The second-order valence-corrected chi connectivity index (χ2v) is 9.15. The van der Waals surface area contributed by atoms with Crippen LogP contribution in [0.4, 0.5) is 5.95 Å². The van der Waals surface area contributed by atoms with Crippen molar-refractivity contribution < 1.29 is 9.21 Å². The van der Waals surface area contributed by atoms with Gasteiger partial charge in [-0.1, -0.05) is 43.0 Å². The van der Waals surface area contributed by atoms with Crippen LogP contribution < -0.4 is 4.90 Å². The second kappa shape index (κ2) is 10.7. The molecule has 0 saturated carbocycles. The first-order valence-corrected chi connectivity index (χ1v) is 12.3. The van der Waals surface area contributed by atoms with Crippen LogP contribution in [0.1, 0.15) is 43.1 Å². The third-order valence-electron chi connectivity index (χ3n) is 5.83. The Morgan fingerprint density at radius 3 is 2.53 bits per heavy atom. The van der Waals surface area contributed by atoms with Crippen LogP contribution in [-0.2, 0) is 24.3 Å². The summed E-state index contributed by atoms with van der Waals surface area (Å²) in [4.78, 5) is 16.9. The maximum atomic E-state index is 12.8. The van der Waals surface area contributed by atoms with Crippen LogP contribution in [0.15, 0.2) is 52.2 Å². The van der Waals surface area contributed by atoms with E-state index in [-0.39, 0.29) is 5.91 Å². The molecule has 7 nitrogen and oxygen atoms in total. The van der Waals surface area contributed by atoms with Gasteiger partial charge in [-0.05, 0) is 48.9 Å². The van der Waals surface area contributed by atoms with Gasteiger partial charge in [0, 0.05) is 26.7 Å². The zero-order valence-electron chi connectivity index (χ0n) is 18.9. The maximum Gasteiger partial charge on any atom is 0.233 e. The lowest BCUT2D eigenvalue weighted by Crippen LogP contribution is -2.32. The van der Waals surface area contributed by atoms with E-state index in [1.165, 1.54) is 36.6 Å². The molecule has 0 bridgehead atoms. The average molecular weight is 454 g/mol. The SMILES string of the molecule is CCc1ccc(CN(C)C(=O)CSc2nnc(N3CCCCC3)n2Cc2ccco2)cc1. The van der Waals surface area contributed by atoms with Crippen LogP contribution in [0.25, 0.3) is 0 Å². The Morgan fingerprint density at radius 2 is 1.84 bits per heavy atom. The van der Waals surface area contributed by atoms with Crippen LogP contribution in [0.3, 0.4) is 0 Å². The summed E-state index contributed by atoms with van der Waals surface area (Å²) in [6.07, 6.45) is 6.28. The molecule has 1 fully saturated rings. The Hall–Kier alpha value is -2.74. The van der Waals surface area contributed by atoms with Gasteiger partial charge in [0.1, 0.15) is 5.76 Å². The van der Waals surface area contributed by atoms with E-state index >= 15 is 0 Å². The molecule has 1 aromatic carbocycles. The summed E-state index contributed by atoms with van der Waals surface area (Å²) < 4.78 is 7.65. The minimum Gasteiger partial charge on any atom is -0.467 e. The molecule has 3 aromatic rings. The molecule has 4 rings (SSSR count). The number of furan rings is 1. The van der Waals surface area contributed by atoms with E-state index in [0.717, 1.165) is 41.9 Å². The molecule has 0 spiro atoms. The van der Waals surface area contributed by atoms with Gasteiger partial charge >= 0.3 is 0 Å². The monoisotopic (exact) mass is 453 g/mol. The van der Waals surface area contributed by atoms with Crippen molar-refractivity contribution in [3.8, 4) is 0 Å². The van der Waals surface area contributed by atoms with Crippen molar-refractivity contribution in [2.24, 2.45) is 0 Å². The van der Waals surface area contributed by atoms with Gasteiger partial charge in [-0.15, -0.1) is 10.2 Å². The van der Waals surface area contributed by atoms with Crippen molar-refractivity contribution >= 4 is 23.6 Å². The van der Waals surface area contributed by atoms with Gasteiger partial charge in [-0.2, -0.15) is 0 Å². The summed E-state index contributed by atoms with van der Waals surface area (Å²) >= 11 is 1.44. The van der Waals surface area contributed by atoms with E-state index in [9.17, 15) is 4.79 Å². The molecule has 0 aliphatic carbocycles. The van der Waals surface area contributed by atoms with Gasteiger partial charge in [0.2, 0.25) is 11.9 Å². The van der Waals surface area contributed by atoms with Crippen molar-refractivity contribution in [1.29, 1.82) is 0 Å². The Kier molecular flexibility index (Phi) is 7.52. The van der Waals surface area contributed by atoms with Crippen molar-refractivity contribution in [3.63, 3.8) is 0 Å². The lowest BCUT2D eigenvalue weighted by atomic mass is 10.1. The second-order valence-electron chi connectivity index (χ2n) is 8.20. The first-order valence-electron chi connectivity index (χ1n) is 11.3. The Morgan fingerprint density at radius 1 is 1.09 bits per heavy atom. The molecular formula is C24H31N5O2S.